The van der Waals surface area contributed by atoms with Gasteiger partial charge in [0.15, 0.2) is 11.1 Å². The highest BCUT2D eigenvalue weighted by Gasteiger charge is 2.02. The summed E-state index contributed by atoms with van der Waals surface area (Å²) < 4.78 is 18.2. The molecule has 4 N–H and O–H groups in total. The van der Waals surface area contributed by atoms with Gasteiger partial charge >= 0.3 is 0 Å². The second kappa shape index (κ2) is 5.33. The Morgan fingerprint density at radius 2 is 2.30 bits per heavy atom. The summed E-state index contributed by atoms with van der Waals surface area (Å²) in [6.45, 7) is 0.680. The summed E-state index contributed by atoms with van der Waals surface area (Å²) in [5.41, 5.74) is 5.05. The lowest BCUT2D eigenvalue weighted by atomic mass is 10.6. The van der Waals surface area contributed by atoms with Crippen LogP contribution in [0, 0.1) is 0 Å². The van der Waals surface area contributed by atoms with Gasteiger partial charge in [0.25, 0.3) is 0 Å². The van der Waals surface area contributed by atoms with Gasteiger partial charge in [-0.15, -0.1) is 0 Å². The molecule has 6 heteroatoms. The molecule has 0 bridgehead atoms. The second-order valence-electron chi connectivity index (χ2n) is 1.60. The minimum Gasteiger partial charge on any atom is -0.354 e. The van der Waals surface area contributed by atoms with Crippen LogP contribution in [0.3, 0.4) is 0 Å². The summed E-state index contributed by atoms with van der Waals surface area (Å²) in [5.74, 6) is -0.828. The van der Waals surface area contributed by atoms with Gasteiger partial charge in [-0.1, -0.05) is 0 Å². The Kier molecular flexibility index (Phi) is 5.09. The Labute approximate surface area is 61.3 Å². The van der Waals surface area contributed by atoms with Crippen molar-refractivity contribution in [1.82, 2.24) is 5.32 Å². The van der Waals surface area contributed by atoms with E-state index in [1.54, 1.807) is 0 Å². The van der Waals surface area contributed by atoms with E-state index in [-0.39, 0.29) is 5.75 Å². The highest BCUT2D eigenvalue weighted by atomic mass is 32.2. The maximum atomic E-state index is 10.5. The van der Waals surface area contributed by atoms with Crippen molar-refractivity contribution >= 4 is 17.0 Å². The van der Waals surface area contributed by atoms with Gasteiger partial charge in [0.05, 0.1) is 0 Å². The van der Waals surface area contributed by atoms with Crippen molar-refractivity contribution in [3.8, 4) is 0 Å². The van der Waals surface area contributed by atoms with Crippen LogP contribution < -0.4 is 11.1 Å². The number of rotatable bonds is 4. The summed E-state index contributed by atoms with van der Waals surface area (Å²) >= 11 is -2.05. The van der Waals surface area contributed by atoms with Crippen LogP contribution in [0.2, 0.25) is 0 Å². The molecule has 0 aliphatic rings. The monoisotopic (exact) mass is 166 g/mol. The van der Waals surface area contributed by atoms with E-state index >= 15 is 0 Å². The Bertz CT molecular complexity index is 138. The van der Waals surface area contributed by atoms with Crippen molar-refractivity contribution in [2.45, 2.75) is 0 Å². The van der Waals surface area contributed by atoms with Crippen LogP contribution in [0.1, 0.15) is 0 Å². The summed E-state index contributed by atoms with van der Waals surface area (Å²) in [6, 6.07) is 0. The molecule has 0 saturated heterocycles. The molecule has 1 atom stereocenters. The van der Waals surface area contributed by atoms with Crippen molar-refractivity contribution in [2.75, 3.05) is 18.8 Å². The van der Waals surface area contributed by atoms with Gasteiger partial charge in [0.2, 0.25) is 5.91 Å². The van der Waals surface area contributed by atoms with E-state index in [4.69, 9.17) is 10.3 Å². The van der Waals surface area contributed by atoms with Gasteiger partial charge in [0.1, 0.15) is 5.75 Å². The standard InChI is InChI=1S/C4H10N2O3S/c5-1-2-6-4(7)3-10(8)9/h1-3,5H2,(H,6,7)(H,8,9). The van der Waals surface area contributed by atoms with Gasteiger partial charge in [0, 0.05) is 13.1 Å². The third-order valence-corrected chi connectivity index (χ3v) is 1.23. The fourth-order valence-corrected chi connectivity index (χ4v) is 0.701. The molecule has 1 unspecified atom stereocenters. The quantitative estimate of drug-likeness (QED) is 0.433. The third kappa shape index (κ3) is 5.67. The summed E-state index contributed by atoms with van der Waals surface area (Å²) in [7, 11) is 0. The molecule has 5 nitrogen and oxygen atoms in total. The predicted molar refractivity (Wildman–Crippen MR) is 37.7 cm³/mol. The zero-order chi connectivity index (χ0) is 7.98. The zero-order valence-corrected chi connectivity index (χ0v) is 6.19. The molecule has 0 aromatic heterocycles. The summed E-state index contributed by atoms with van der Waals surface area (Å²) in [4.78, 5) is 10.5. The van der Waals surface area contributed by atoms with Gasteiger partial charge in [-0.25, -0.2) is 4.21 Å². The van der Waals surface area contributed by atoms with E-state index in [1.807, 2.05) is 0 Å². The first kappa shape index (κ1) is 9.54. The van der Waals surface area contributed by atoms with Crippen LogP contribution in [0.15, 0.2) is 0 Å². The normalized spacial score (nSPS) is 12.6. The van der Waals surface area contributed by atoms with Gasteiger partial charge in [-0.05, 0) is 0 Å². The Morgan fingerprint density at radius 1 is 1.70 bits per heavy atom. The van der Waals surface area contributed by atoms with Gasteiger partial charge in [-0.3, -0.25) is 4.79 Å². The highest BCUT2D eigenvalue weighted by molar-refractivity contribution is 7.80. The average molecular weight is 166 g/mol. The SMILES string of the molecule is NCCNC(=O)CS(=O)O. The van der Waals surface area contributed by atoms with Gasteiger partial charge < -0.3 is 15.6 Å². The molecule has 0 aromatic carbocycles. The fourth-order valence-electron chi connectivity index (χ4n) is 0.375. The molecule has 1 amide bonds. The maximum Gasteiger partial charge on any atom is 0.235 e. The van der Waals surface area contributed by atoms with Crippen molar-refractivity contribution < 1.29 is 13.6 Å². The van der Waals surface area contributed by atoms with Crippen LogP contribution in [0.5, 0.6) is 0 Å². The largest absolute Gasteiger partial charge is 0.354 e. The van der Waals surface area contributed by atoms with Crippen LogP contribution in [-0.2, 0) is 15.9 Å². The van der Waals surface area contributed by atoms with E-state index in [2.05, 4.69) is 5.32 Å². The van der Waals surface area contributed by atoms with Crippen molar-refractivity contribution in [1.29, 1.82) is 0 Å². The molecule has 0 fully saturated rings. The molecular formula is C4H10N2O3S. The van der Waals surface area contributed by atoms with E-state index < -0.39 is 17.0 Å². The van der Waals surface area contributed by atoms with E-state index in [0.717, 1.165) is 0 Å². The minimum absolute atomic E-state index is 0.337. The Morgan fingerprint density at radius 3 is 2.70 bits per heavy atom. The van der Waals surface area contributed by atoms with E-state index in [0.29, 0.717) is 13.1 Å². The molecule has 0 spiro atoms. The third-order valence-electron chi connectivity index (χ3n) is 0.721. The molecule has 10 heavy (non-hydrogen) atoms. The first-order chi connectivity index (χ1) is 4.66. The molecule has 0 heterocycles. The van der Waals surface area contributed by atoms with Crippen LogP contribution in [0.25, 0.3) is 0 Å². The van der Waals surface area contributed by atoms with Gasteiger partial charge in [-0.2, -0.15) is 0 Å². The van der Waals surface area contributed by atoms with E-state index in [9.17, 15) is 9.00 Å². The predicted octanol–water partition coefficient (Wildman–Crippen LogP) is -1.72. The molecule has 0 aliphatic carbocycles. The maximum absolute atomic E-state index is 10.5. The number of nitrogens with one attached hydrogen (secondary N) is 1. The number of amides is 1. The van der Waals surface area contributed by atoms with Crippen LogP contribution >= 0.6 is 0 Å². The topological polar surface area (TPSA) is 92.4 Å². The molecule has 60 valence electrons. The summed E-state index contributed by atoms with van der Waals surface area (Å²) in [5, 5.41) is 2.35. The molecule has 0 aliphatic heterocycles. The molecular weight excluding hydrogens is 156 g/mol. The van der Waals surface area contributed by atoms with Crippen molar-refractivity contribution in [3.63, 3.8) is 0 Å². The number of carbonyl (C=O) groups is 1. The lowest BCUT2D eigenvalue weighted by Gasteiger charge is -1.98. The van der Waals surface area contributed by atoms with Crippen LogP contribution in [-0.4, -0.2) is 33.5 Å². The Hall–Kier alpha value is -0.460. The molecule has 0 radical (unpaired) electrons. The summed E-state index contributed by atoms with van der Waals surface area (Å²) in [6.07, 6.45) is 0. The number of hydrogen-bond acceptors (Lipinski definition) is 3. The number of carbonyl (C=O) groups excluding carboxylic acids is 1. The first-order valence-electron chi connectivity index (χ1n) is 2.71. The fraction of sp³-hybridized carbons (Fsp3) is 0.750. The van der Waals surface area contributed by atoms with Crippen LogP contribution in [0.4, 0.5) is 0 Å². The Balaban J connectivity index is 3.35. The lowest BCUT2D eigenvalue weighted by molar-refractivity contribution is -0.118. The molecule has 0 saturated carbocycles. The lowest BCUT2D eigenvalue weighted by Crippen LogP contribution is -2.32. The average Bonchev–Trinajstić information content (AvgIpc) is 1.82. The smallest absolute Gasteiger partial charge is 0.235 e. The molecule has 0 aromatic rings. The number of nitrogens with two attached hydrogens (primary N) is 1. The second-order valence-corrected chi connectivity index (χ2v) is 2.54. The first-order valence-corrected chi connectivity index (χ1v) is 3.98. The zero-order valence-electron chi connectivity index (χ0n) is 5.37. The number of hydrogen-bond donors (Lipinski definition) is 3. The van der Waals surface area contributed by atoms with Crippen molar-refractivity contribution in [2.24, 2.45) is 5.73 Å². The highest BCUT2D eigenvalue weighted by Crippen LogP contribution is 1.72. The minimum atomic E-state index is -2.05. The van der Waals surface area contributed by atoms with E-state index in [1.165, 1.54) is 0 Å². The van der Waals surface area contributed by atoms with Crippen molar-refractivity contribution in [3.05, 3.63) is 0 Å². The molecule has 0 rings (SSSR count).